The van der Waals surface area contributed by atoms with Crippen LogP contribution in [0.1, 0.15) is 34.1 Å². The van der Waals surface area contributed by atoms with Gasteiger partial charge in [0.2, 0.25) is 0 Å². The lowest BCUT2D eigenvalue weighted by atomic mass is 10.1. The molecule has 0 radical (unpaired) electrons. The van der Waals surface area contributed by atoms with Crippen LogP contribution in [0.5, 0.6) is 0 Å². The highest BCUT2D eigenvalue weighted by molar-refractivity contribution is 4.49. The SMILES string of the molecule is CCC(C)CNC.CNC(C)C. The molecular weight excluding hydrogens is 148 g/mol. The largest absolute Gasteiger partial charge is 0.319 e. The first-order valence-corrected chi connectivity index (χ1v) is 4.90. The molecule has 0 aromatic carbocycles. The smallest absolute Gasteiger partial charge is 0.000733 e. The summed E-state index contributed by atoms with van der Waals surface area (Å²) >= 11 is 0. The molecule has 2 N–H and O–H groups in total. The normalized spacial score (nSPS) is 12.2. The Bertz CT molecular complexity index is 72.2. The van der Waals surface area contributed by atoms with Gasteiger partial charge in [0, 0.05) is 6.04 Å². The topological polar surface area (TPSA) is 24.1 Å². The van der Waals surface area contributed by atoms with Crippen LogP contribution in [-0.4, -0.2) is 26.7 Å². The van der Waals surface area contributed by atoms with Crippen LogP contribution in [-0.2, 0) is 0 Å². The van der Waals surface area contributed by atoms with E-state index in [0.29, 0.717) is 6.04 Å². The fourth-order valence-electron chi connectivity index (χ4n) is 0.493. The van der Waals surface area contributed by atoms with Crippen molar-refractivity contribution in [3.05, 3.63) is 0 Å². The molecule has 0 rings (SSSR count). The van der Waals surface area contributed by atoms with E-state index in [4.69, 9.17) is 0 Å². The Morgan fingerprint density at radius 2 is 1.50 bits per heavy atom. The molecule has 1 unspecified atom stereocenters. The molecule has 0 saturated heterocycles. The molecule has 0 spiro atoms. The number of rotatable bonds is 4. The Labute approximate surface area is 78.1 Å². The fourth-order valence-corrected chi connectivity index (χ4v) is 0.493. The highest BCUT2D eigenvalue weighted by Crippen LogP contribution is 1.95. The van der Waals surface area contributed by atoms with Gasteiger partial charge < -0.3 is 10.6 Å². The van der Waals surface area contributed by atoms with Gasteiger partial charge in [-0.15, -0.1) is 0 Å². The standard InChI is InChI=1S/C6H15N.C4H11N/c1-4-6(2)5-7-3;1-4(2)5-3/h6-7H,4-5H2,1-3H3;4-5H,1-3H3. The van der Waals surface area contributed by atoms with E-state index in [-0.39, 0.29) is 0 Å². The van der Waals surface area contributed by atoms with Crippen LogP contribution in [0.15, 0.2) is 0 Å². The molecule has 0 aromatic heterocycles. The van der Waals surface area contributed by atoms with Crippen molar-refractivity contribution in [2.45, 2.75) is 40.2 Å². The van der Waals surface area contributed by atoms with E-state index in [2.05, 4.69) is 38.3 Å². The van der Waals surface area contributed by atoms with Gasteiger partial charge in [0.05, 0.1) is 0 Å². The maximum Gasteiger partial charge on any atom is 0.000733 e. The first-order chi connectivity index (χ1) is 5.58. The van der Waals surface area contributed by atoms with Gasteiger partial charge in [-0.25, -0.2) is 0 Å². The summed E-state index contributed by atoms with van der Waals surface area (Å²) in [6, 6.07) is 0.634. The lowest BCUT2D eigenvalue weighted by Crippen LogP contribution is -2.15. The first-order valence-electron chi connectivity index (χ1n) is 4.90. The molecule has 0 aromatic rings. The Kier molecular flexibility index (Phi) is 13.1. The molecule has 76 valence electrons. The zero-order valence-electron chi connectivity index (χ0n) is 9.57. The second-order valence-corrected chi connectivity index (χ2v) is 3.51. The predicted molar refractivity (Wildman–Crippen MR) is 57.6 cm³/mol. The molecule has 0 amide bonds. The number of nitrogens with one attached hydrogen (secondary N) is 2. The van der Waals surface area contributed by atoms with Crippen LogP contribution in [0, 0.1) is 5.92 Å². The van der Waals surface area contributed by atoms with E-state index in [1.807, 2.05) is 14.1 Å². The molecule has 0 bridgehead atoms. The summed E-state index contributed by atoms with van der Waals surface area (Å²) in [7, 11) is 3.94. The highest BCUT2D eigenvalue weighted by atomic mass is 14.8. The van der Waals surface area contributed by atoms with Crippen molar-refractivity contribution in [2.75, 3.05) is 20.6 Å². The van der Waals surface area contributed by atoms with Crippen molar-refractivity contribution in [3.63, 3.8) is 0 Å². The maximum atomic E-state index is 3.12. The van der Waals surface area contributed by atoms with Gasteiger partial charge >= 0.3 is 0 Å². The Balaban J connectivity index is 0. The molecule has 2 heteroatoms. The van der Waals surface area contributed by atoms with Crippen molar-refractivity contribution >= 4 is 0 Å². The minimum atomic E-state index is 0.634. The van der Waals surface area contributed by atoms with E-state index in [1.54, 1.807) is 0 Å². The minimum Gasteiger partial charge on any atom is -0.319 e. The Morgan fingerprint density at radius 3 is 1.58 bits per heavy atom. The van der Waals surface area contributed by atoms with Crippen molar-refractivity contribution < 1.29 is 0 Å². The van der Waals surface area contributed by atoms with E-state index in [1.165, 1.54) is 6.42 Å². The predicted octanol–water partition coefficient (Wildman–Crippen LogP) is 1.87. The van der Waals surface area contributed by atoms with Crippen LogP contribution in [0.25, 0.3) is 0 Å². The van der Waals surface area contributed by atoms with E-state index in [0.717, 1.165) is 12.5 Å². The van der Waals surface area contributed by atoms with E-state index in [9.17, 15) is 0 Å². The van der Waals surface area contributed by atoms with Crippen molar-refractivity contribution in [2.24, 2.45) is 5.92 Å². The van der Waals surface area contributed by atoms with Crippen LogP contribution >= 0.6 is 0 Å². The van der Waals surface area contributed by atoms with E-state index < -0.39 is 0 Å². The summed E-state index contributed by atoms with van der Waals surface area (Å²) in [6.07, 6.45) is 1.28. The summed E-state index contributed by atoms with van der Waals surface area (Å²) < 4.78 is 0. The van der Waals surface area contributed by atoms with Crippen LogP contribution < -0.4 is 10.6 Å². The third-order valence-electron chi connectivity index (χ3n) is 1.83. The fraction of sp³-hybridized carbons (Fsp3) is 1.00. The monoisotopic (exact) mass is 174 g/mol. The molecular formula is C10H26N2. The van der Waals surface area contributed by atoms with E-state index >= 15 is 0 Å². The number of hydrogen-bond acceptors (Lipinski definition) is 2. The minimum absolute atomic E-state index is 0.634. The molecule has 0 saturated carbocycles. The van der Waals surface area contributed by atoms with Gasteiger partial charge in [-0.1, -0.05) is 34.1 Å². The Hall–Kier alpha value is -0.0800. The third kappa shape index (κ3) is 16.5. The zero-order chi connectivity index (χ0) is 9.98. The number of hydrogen-bond donors (Lipinski definition) is 2. The molecule has 12 heavy (non-hydrogen) atoms. The Morgan fingerprint density at radius 1 is 1.08 bits per heavy atom. The summed E-state index contributed by atoms with van der Waals surface area (Å²) in [4.78, 5) is 0. The molecule has 0 fully saturated rings. The molecule has 0 aliphatic carbocycles. The third-order valence-corrected chi connectivity index (χ3v) is 1.83. The van der Waals surface area contributed by atoms with Crippen LogP contribution in [0.2, 0.25) is 0 Å². The van der Waals surface area contributed by atoms with Crippen LogP contribution in [0.3, 0.4) is 0 Å². The van der Waals surface area contributed by atoms with Gasteiger partial charge in [-0.05, 0) is 26.6 Å². The van der Waals surface area contributed by atoms with Crippen molar-refractivity contribution in [1.29, 1.82) is 0 Å². The summed E-state index contributed by atoms with van der Waals surface area (Å²) in [6.45, 7) is 9.83. The highest BCUT2D eigenvalue weighted by Gasteiger charge is 1.92. The van der Waals surface area contributed by atoms with Crippen molar-refractivity contribution in [1.82, 2.24) is 10.6 Å². The summed E-state index contributed by atoms with van der Waals surface area (Å²) in [5, 5.41) is 6.15. The van der Waals surface area contributed by atoms with Crippen molar-refractivity contribution in [3.8, 4) is 0 Å². The van der Waals surface area contributed by atoms with Gasteiger partial charge in [0.25, 0.3) is 0 Å². The lowest BCUT2D eigenvalue weighted by molar-refractivity contribution is 0.528. The van der Waals surface area contributed by atoms with Gasteiger partial charge in [-0.3, -0.25) is 0 Å². The molecule has 2 nitrogen and oxygen atoms in total. The quantitative estimate of drug-likeness (QED) is 0.680. The molecule has 1 atom stereocenters. The average Bonchev–Trinajstić information content (AvgIpc) is 2.06. The van der Waals surface area contributed by atoms with Gasteiger partial charge in [-0.2, -0.15) is 0 Å². The van der Waals surface area contributed by atoms with Gasteiger partial charge in [0.15, 0.2) is 0 Å². The zero-order valence-corrected chi connectivity index (χ0v) is 9.57. The second-order valence-electron chi connectivity index (χ2n) is 3.51. The van der Waals surface area contributed by atoms with Crippen LogP contribution in [0.4, 0.5) is 0 Å². The second kappa shape index (κ2) is 10.9. The lowest BCUT2D eigenvalue weighted by Gasteiger charge is -2.04. The molecule has 0 aliphatic heterocycles. The molecule has 0 heterocycles. The summed E-state index contributed by atoms with van der Waals surface area (Å²) in [5.74, 6) is 0.838. The summed E-state index contributed by atoms with van der Waals surface area (Å²) in [5.41, 5.74) is 0. The average molecular weight is 174 g/mol. The maximum absolute atomic E-state index is 3.12. The van der Waals surface area contributed by atoms with Gasteiger partial charge in [0.1, 0.15) is 0 Å². The molecule has 0 aliphatic rings. The first kappa shape index (κ1) is 14.4.